The van der Waals surface area contributed by atoms with Crippen molar-refractivity contribution < 1.29 is 13.9 Å². The minimum absolute atomic E-state index is 0.343. The van der Waals surface area contributed by atoms with Gasteiger partial charge in [0.15, 0.2) is 0 Å². The van der Waals surface area contributed by atoms with Crippen LogP contribution in [0.3, 0.4) is 0 Å². The van der Waals surface area contributed by atoms with Crippen molar-refractivity contribution >= 4 is 5.82 Å². The topological polar surface area (TPSA) is 50.7 Å². The maximum Gasteiger partial charge on any atom is 0.224 e. The van der Waals surface area contributed by atoms with E-state index in [4.69, 9.17) is 9.47 Å². The van der Waals surface area contributed by atoms with Crippen molar-refractivity contribution in [2.24, 2.45) is 0 Å². The van der Waals surface area contributed by atoms with Crippen molar-refractivity contribution in [1.82, 2.24) is 14.9 Å². The van der Waals surface area contributed by atoms with Crippen LogP contribution in [-0.2, 0) is 6.54 Å². The molecule has 1 aromatic heterocycles. The number of anilines is 1. The summed E-state index contributed by atoms with van der Waals surface area (Å²) in [5.41, 5.74) is 1.27. The number of nitrogens with zero attached hydrogens (tertiary/aromatic N) is 4. The molecule has 0 saturated carbocycles. The number of hydrogen-bond acceptors (Lipinski definition) is 6. The predicted molar refractivity (Wildman–Crippen MR) is 109 cm³/mol. The zero-order valence-corrected chi connectivity index (χ0v) is 16.3. The Morgan fingerprint density at radius 3 is 2.45 bits per heavy atom. The van der Waals surface area contributed by atoms with Crippen LogP contribution < -0.4 is 14.4 Å². The summed E-state index contributed by atoms with van der Waals surface area (Å²) >= 11 is 0. The van der Waals surface area contributed by atoms with Gasteiger partial charge in [-0.1, -0.05) is 18.2 Å². The molecule has 1 fully saturated rings. The molecule has 0 N–H and O–H groups in total. The number of aromatic nitrogens is 2. The number of rotatable bonds is 6. The van der Waals surface area contributed by atoms with E-state index in [-0.39, 0.29) is 5.82 Å². The van der Waals surface area contributed by atoms with E-state index in [1.165, 1.54) is 24.0 Å². The van der Waals surface area contributed by atoms with Gasteiger partial charge in [-0.25, -0.2) is 14.4 Å². The van der Waals surface area contributed by atoms with E-state index in [0.29, 0.717) is 11.6 Å². The van der Waals surface area contributed by atoms with Crippen molar-refractivity contribution in [3.8, 4) is 17.4 Å². The number of halogens is 1. The van der Waals surface area contributed by atoms with Gasteiger partial charge in [0, 0.05) is 44.9 Å². The molecule has 0 spiro atoms. The molecular formula is C22H23FN4O2. The lowest BCUT2D eigenvalue weighted by atomic mass is 10.2. The fourth-order valence-corrected chi connectivity index (χ4v) is 3.33. The Bertz CT molecular complexity index is 944. The van der Waals surface area contributed by atoms with Gasteiger partial charge in [0.05, 0.1) is 7.11 Å². The summed E-state index contributed by atoms with van der Waals surface area (Å²) in [5, 5.41) is 0. The smallest absolute Gasteiger partial charge is 0.224 e. The number of methoxy groups -OCH3 is 1. The van der Waals surface area contributed by atoms with Crippen LogP contribution in [0.15, 0.2) is 60.9 Å². The minimum Gasteiger partial charge on any atom is -0.497 e. The van der Waals surface area contributed by atoms with Crippen molar-refractivity contribution in [3.63, 3.8) is 0 Å². The molecule has 7 heteroatoms. The van der Waals surface area contributed by atoms with Gasteiger partial charge >= 0.3 is 0 Å². The first-order valence-electron chi connectivity index (χ1n) is 9.55. The highest BCUT2D eigenvalue weighted by atomic mass is 19.1. The fourth-order valence-electron chi connectivity index (χ4n) is 3.33. The Balaban J connectivity index is 1.34. The molecule has 1 saturated heterocycles. The number of ether oxygens (including phenoxy) is 2. The van der Waals surface area contributed by atoms with Crippen molar-refractivity contribution in [2.75, 3.05) is 38.2 Å². The van der Waals surface area contributed by atoms with Crippen molar-refractivity contribution in [2.45, 2.75) is 6.54 Å². The molecular weight excluding hydrogens is 371 g/mol. The van der Waals surface area contributed by atoms with Gasteiger partial charge in [-0.3, -0.25) is 4.90 Å². The Hall–Kier alpha value is -3.19. The van der Waals surface area contributed by atoms with Crippen LogP contribution in [0.5, 0.6) is 17.4 Å². The molecule has 0 amide bonds. The van der Waals surface area contributed by atoms with Crippen LogP contribution in [0.2, 0.25) is 0 Å². The molecule has 0 bridgehead atoms. The average Bonchev–Trinajstić information content (AvgIpc) is 2.75. The summed E-state index contributed by atoms with van der Waals surface area (Å²) in [7, 11) is 1.68. The lowest BCUT2D eigenvalue weighted by Crippen LogP contribution is -2.46. The third kappa shape index (κ3) is 5.00. The lowest BCUT2D eigenvalue weighted by Gasteiger charge is -2.35. The van der Waals surface area contributed by atoms with Crippen LogP contribution in [0.4, 0.5) is 10.2 Å². The summed E-state index contributed by atoms with van der Waals surface area (Å²) in [5.74, 6) is 2.17. The Labute approximate surface area is 169 Å². The second-order valence-corrected chi connectivity index (χ2v) is 6.89. The second kappa shape index (κ2) is 8.87. The largest absolute Gasteiger partial charge is 0.497 e. The summed E-state index contributed by atoms with van der Waals surface area (Å²) in [6, 6.07) is 16.0. The average molecular weight is 394 g/mol. The van der Waals surface area contributed by atoms with Crippen molar-refractivity contribution in [3.05, 3.63) is 72.3 Å². The first kappa shape index (κ1) is 19.1. The third-order valence-electron chi connectivity index (χ3n) is 4.91. The minimum atomic E-state index is -0.343. The highest BCUT2D eigenvalue weighted by Crippen LogP contribution is 2.23. The van der Waals surface area contributed by atoms with Gasteiger partial charge in [-0.05, 0) is 29.8 Å². The van der Waals surface area contributed by atoms with E-state index < -0.39 is 0 Å². The Morgan fingerprint density at radius 2 is 1.72 bits per heavy atom. The van der Waals surface area contributed by atoms with E-state index in [2.05, 4.69) is 31.9 Å². The quantitative estimate of drug-likeness (QED) is 0.635. The Kier molecular flexibility index (Phi) is 5.86. The molecule has 4 rings (SSSR count). The molecule has 150 valence electrons. The van der Waals surface area contributed by atoms with Gasteiger partial charge in [-0.15, -0.1) is 0 Å². The predicted octanol–water partition coefficient (Wildman–Crippen LogP) is 3.74. The second-order valence-electron chi connectivity index (χ2n) is 6.89. The van der Waals surface area contributed by atoms with E-state index in [9.17, 15) is 4.39 Å². The zero-order valence-electron chi connectivity index (χ0n) is 16.3. The molecule has 3 aromatic rings. The molecule has 2 heterocycles. The third-order valence-corrected chi connectivity index (χ3v) is 4.91. The van der Waals surface area contributed by atoms with Gasteiger partial charge < -0.3 is 14.4 Å². The molecule has 6 nitrogen and oxygen atoms in total. The van der Waals surface area contributed by atoms with Gasteiger partial charge in [0.25, 0.3) is 0 Å². The number of benzene rings is 2. The van der Waals surface area contributed by atoms with Gasteiger partial charge in [0.1, 0.15) is 29.5 Å². The summed E-state index contributed by atoms with van der Waals surface area (Å²) in [6.45, 7) is 4.53. The van der Waals surface area contributed by atoms with Crippen LogP contribution in [0.25, 0.3) is 0 Å². The molecule has 0 unspecified atom stereocenters. The zero-order chi connectivity index (χ0) is 20.1. The SMILES string of the molecule is COc1ccc(CN2CCN(c3cc(Oc4cccc(F)c4)ncn3)CC2)cc1. The summed E-state index contributed by atoms with van der Waals surface area (Å²) < 4.78 is 24.2. The van der Waals surface area contributed by atoms with Crippen molar-refractivity contribution in [1.29, 1.82) is 0 Å². The first-order chi connectivity index (χ1) is 14.2. The lowest BCUT2D eigenvalue weighted by molar-refractivity contribution is 0.249. The van der Waals surface area contributed by atoms with E-state index in [0.717, 1.165) is 44.3 Å². The molecule has 0 atom stereocenters. The van der Waals surface area contributed by atoms with Crippen LogP contribution in [0.1, 0.15) is 5.56 Å². The Morgan fingerprint density at radius 1 is 0.931 bits per heavy atom. The molecule has 1 aliphatic heterocycles. The molecule has 0 radical (unpaired) electrons. The normalized spacial score (nSPS) is 14.6. The summed E-state index contributed by atoms with van der Waals surface area (Å²) in [6.07, 6.45) is 1.48. The molecule has 2 aromatic carbocycles. The van der Waals surface area contributed by atoms with Gasteiger partial charge in [0.2, 0.25) is 5.88 Å². The summed E-state index contributed by atoms with van der Waals surface area (Å²) in [4.78, 5) is 13.2. The monoisotopic (exact) mass is 394 g/mol. The van der Waals surface area contributed by atoms with E-state index in [1.54, 1.807) is 25.3 Å². The highest BCUT2D eigenvalue weighted by molar-refractivity contribution is 5.42. The van der Waals surface area contributed by atoms with Crippen LogP contribution >= 0.6 is 0 Å². The van der Waals surface area contributed by atoms with E-state index in [1.807, 2.05) is 12.1 Å². The molecule has 0 aliphatic carbocycles. The highest BCUT2D eigenvalue weighted by Gasteiger charge is 2.19. The van der Waals surface area contributed by atoms with Crippen LogP contribution in [0, 0.1) is 5.82 Å². The fraction of sp³-hybridized carbons (Fsp3) is 0.273. The maximum atomic E-state index is 13.3. The maximum absolute atomic E-state index is 13.3. The molecule has 29 heavy (non-hydrogen) atoms. The number of piperazine rings is 1. The van der Waals surface area contributed by atoms with E-state index >= 15 is 0 Å². The number of hydrogen-bond donors (Lipinski definition) is 0. The first-order valence-corrected chi connectivity index (χ1v) is 9.55. The van der Waals surface area contributed by atoms with Crippen LogP contribution in [-0.4, -0.2) is 48.2 Å². The van der Waals surface area contributed by atoms with Gasteiger partial charge in [-0.2, -0.15) is 0 Å². The molecule has 1 aliphatic rings. The standard InChI is InChI=1S/C22H23FN4O2/c1-28-19-7-5-17(6-8-19)15-26-9-11-27(12-10-26)21-14-22(25-16-24-21)29-20-4-2-3-18(23)13-20/h2-8,13-14,16H,9-12,15H2,1H3.